The van der Waals surface area contributed by atoms with Crippen LogP contribution < -0.4 is 10.6 Å². The lowest BCUT2D eigenvalue weighted by Crippen LogP contribution is -2.45. The van der Waals surface area contributed by atoms with Crippen molar-refractivity contribution in [1.29, 1.82) is 0 Å². The summed E-state index contributed by atoms with van der Waals surface area (Å²) in [4.78, 5) is 55.5. The average Bonchev–Trinajstić information content (AvgIpc) is 4.00. The van der Waals surface area contributed by atoms with E-state index in [1.165, 1.54) is 9.80 Å². The van der Waals surface area contributed by atoms with E-state index in [9.17, 15) is 29.4 Å². The highest BCUT2D eigenvalue weighted by atomic mass is 16.3. The molecule has 1 unspecified atom stereocenters. The lowest BCUT2D eigenvalue weighted by Gasteiger charge is -2.26. The van der Waals surface area contributed by atoms with E-state index in [0.29, 0.717) is 67.0 Å². The number of hydrogen-bond acceptors (Lipinski definition) is 7. The molecule has 2 fully saturated rings. The van der Waals surface area contributed by atoms with Gasteiger partial charge in [-0.05, 0) is 72.7 Å². The zero-order valence-electron chi connectivity index (χ0n) is 28.9. The minimum absolute atomic E-state index is 0.303. The predicted octanol–water partition coefficient (Wildman–Crippen LogP) is 5.07. The molecule has 3 heterocycles. The largest absolute Gasteiger partial charge is 0.378 e. The summed E-state index contributed by atoms with van der Waals surface area (Å²) in [5, 5.41) is 34.6. The van der Waals surface area contributed by atoms with Crippen LogP contribution in [0.1, 0.15) is 49.0 Å². The molecule has 2 aliphatic heterocycles. The lowest BCUT2D eigenvalue weighted by atomic mass is 10.1. The molecule has 4 atom stereocenters. The number of nitrogens with zero attached hydrogens (tertiary/aromatic N) is 3. The molecule has 270 valence electrons. The summed E-state index contributed by atoms with van der Waals surface area (Å²) < 4.78 is 0. The molecule has 4 amide bonds. The molecule has 4 aromatic carbocycles. The Kier molecular flexibility index (Phi) is 10.4. The van der Waals surface area contributed by atoms with Gasteiger partial charge >= 0.3 is 0 Å². The van der Waals surface area contributed by atoms with Gasteiger partial charge in [0.25, 0.3) is 11.8 Å². The Labute approximate surface area is 306 Å². The Morgan fingerprint density at radius 2 is 1.06 bits per heavy atom. The Hall–Kier alpha value is -6.11. The molecule has 0 spiro atoms. The number of amides is 4. The van der Waals surface area contributed by atoms with Crippen molar-refractivity contribution in [2.45, 2.75) is 50.0 Å². The van der Waals surface area contributed by atoms with Gasteiger partial charge in [0.2, 0.25) is 11.8 Å². The number of carbonyl (C=O) groups excluding carboxylic acids is 4. The number of H-pyrrole nitrogens is 1. The van der Waals surface area contributed by atoms with Crippen molar-refractivity contribution in [3.8, 4) is 22.5 Å². The lowest BCUT2D eigenvalue weighted by molar-refractivity contribution is -0.144. The van der Waals surface area contributed by atoms with Crippen LogP contribution in [0.4, 0.5) is 11.4 Å². The molecular formula is C41H40N6O6. The van der Waals surface area contributed by atoms with Gasteiger partial charge in [-0.1, -0.05) is 84.9 Å². The fraction of sp³-hybridized carbons (Fsp3) is 0.244. The van der Waals surface area contributed by atoms with E-state index in [4.69, 9.17) is 0 Å². The second kappa shape index (κ2) is 15.6. The van der Waals surface area contributed by atoms with Gasteiger partial charge in [-0.25, -0.2) is 0 Å². The number of nitrogens with one attached hydrogen (secondary N) is 3. The van der Waals surface area contributed by atoms with Crippen molar-refractivity contribution in [1.82, 2.24) is 20.0 Å². The van der Waals surface area contributed by atoms with Crippen molar-refractivity contribution in [3.05, 3.63) is 126 Å². The number of hydrogen-bond donors (Lipinski definition) is 5. The summed E-state index contributed by atoms with van der Waals surface area (Å²) in [6.07, 6.45) is -0.272. The molecule has 2 saturated heterocycles. The number of aliphatic hydroxyl groups excluding tert-OH is 2. The maximum absolute atomic E-state index is 13.2. The second-order valence-electron chi connectivity index (χ2n) is 13.3. The Bertz CT molecular complexity index is 1920. The third-order valence-electron chi connectivity index (χ3n) is 9.87. The van der Waals surface area contributed by atoms with Crippen molar-refractivity contribution < 1.29 is 29.4 Å². The van der Waals surface area contributed by atoms with Gasteiger partial charge in [-0.2, -0.15) is 5.10 Å². The predicted molar refractivity (Wildman–Crippen MR) is 199 cm³/mol. The van der Waals surface area contributed by atoms with Crippen molar-refractivity contribution in [2.24, 2.45) is 0 Å². The molecule has 0 saturated carbocycles. The molecule has 0 aliphatic carbocycles. The standard InChI is InChI=1S/C41H40N6O6/c48-36(28-9-3-1-4-10-28)40(52)46-23-7-13-34(46)38(50)42-30-19-15-26(16-20-30)32-25-33(45-44-32)27-17-21-31(22-18-27)43-39(51)35-14-8-24-47(35)41(53)37(49)29-11-5-2-6-12-29/h1-6,9-12,15-22,25,34-37,48-49H,7-8,13-14,23-24H2,(H,42,50)(H,43,51)(H,44,45)/t34-,35?,36-,37-/m0/s1. The number of benzene rings is 4. The fourth-order valence-corrected chi connectivity index (χ4v) is 7.00. The van der Waals surface area contributed by atoms with Crippen LogP contribution in [0, 0.1) is 0 Å². The van der Waals surface area contributed by atoms with E-state index in [1.54, 1.807) is 72.8 Å². The van der Waals surface area contributed by atoms with Crippen LogP contribution in [0.2, 0.25) is 0 Å². The molecule has 2 aliphatic rings. The maximum atomic E-state index is 13.2. The normalized spacial score (nSPS) is 18.0. The van der Waals surface area contributed by atoms with Crippen LogP contribution in [-0.4, -0.2) is 79.0 Å². The number of anilines is 2. The molecule has 0 bridgehead atoms. The monoisotopic (exact) mass is 712 g/mol. The van der Waals surface area contributed by atoms with Gasteiger partial charge in [-0.3, -0.25) is 24.3 Å². The number of rotatable bonds is 10. The summed E-state index contributed by atoms with van der Waals surface area (Å²) in [5.41, 5.74) is 5.27. The summed E-state index contributed by atoms with van der Waals surface area (Å²) in [5.74, 6) is -1.57. The Morgan fingerprint density at radius 1 is 0.623 bits per heavy atom. The molecule has 12 heteroatoms. The van der Waals surface area contributed by atoms with Crippen LogP contribution in [-0.2, 0) is 19.2 Å². The first kappa shape index (κ1) is 35.3. The van der Waals surface area contributed by atoms with Gasteiger partial charge in [0, 0.05) is 30.0 Å². The first-order valence-electron chi connectivity index (χ1n) is 17.7. The van der Waals surface area contributed by atoms with Crippen LogP contribution in [0.25, 0.3) is 22.5 Å². The molecule has 53 heavy (non-hydrogen) atoms. The highest BCUT2D eigenvalue weighted by molar-refractivity contribution is 5.99. The molecule has 0 radical (unpaired) electrons. The minimum atomic E-state index is -1.32. The van der Waals surface area contributed by atoms with Crippen molar-refractivity contribution in [2.75, 3.05) is 23.7 Å². The smallest absolute Gasteiger partial charge is 0.256 e. The SMILES string of the molecule is O=C(Nc1ccc(-c2cc(-c3ccc(NC(=O)[C@@H]4CCCN4C(=O)[C@@H](O)c4ccccc4)cc3)n[nH]2)cc1)C1CCCN1C(=O)[C@@H](O)c1ccccc1. The van der Waals surface area contributed by atoms with Gasteiger partial charge in [0.15, 0.2) is 12.2 Å². The van der Waals surface area contributed by atoms with E-state index < -0.39 is 36.1 Å². The fourth-order valence-electron chi connectivity index (χ4n) is 7.00. The van der Waals surface area contributed by atoms with Crippen LogP contribution in [0.5, 0.6) is 0 Å². The molecule has 5 N–H and O–H groups in total. The van der Waals surface area contributed by atoms with Crippen LogP contribution in [0.3, 0.4) is 0 Å². The summed E-state index contributed by atoms with van der Waals surface area (Å²) in [6, 6.07) is 32.5. The third kappa shape index (κ3) is 7.74. The van der Waals surface area contributed by atoms with E-state index in [1.807, 2.05) is 42.5 Å². The number of aromatic nitrogens is 2. The Balaban J connectivity index is 0.938. The second-order valence-corrected chi connectivity index (χ2v) is 13.3. The number of aliphatic hydroxyl groups is 2. The van der Waals surface area contributed by atoms with Gasteiger partial charge in [0.1, 0.15) is 12.1 Å². The van der Waals surface area contributed by atoms with Crippen molar-refractivity contribution in [3.63, 3.8) is 0 Å². The van der Waals surface area contributed by atoms with Gasteiger partial charge < -0.3 is 30.6 Å². The highest BCUT2D eigenvalue weighted by Crippen LogP contribution is 2.29. The first-order valence-corrected chi connectivity index (χ1v) is 17.7. The zero-order chi connectivity index (χ0) is 36.9. The summed E-state index contributed by atoms with van der Waals surface area (Å²) in [7, 11) is 0. The summed E-state index contributed by atoms with van der Waals surface area (Å²) in [6.45, 7) is 0.809. The van der Waals surface area contributed by atoms with E-state index >= 15 is 0 Å². The molecule has 5 aromatic rings. The third-order valence-corrected chi connectivity index (χ3v) is 9.87. The first-order chi connectivity index (χ1) is 25.8. The average molecular weight is 713 g/mol. The topological polar surface area (TPSA) is 168 Å². The maximum Gasteiger partial charge on any atom is 0.256 e. The quantitative estimate of drug-likeness (QED) is 0.135. The van der Waals surface area contributed by atoms with Crippen molar-refractivity contribution >= 4 is 35.0 Å². The van der Waals surface area contributed by atoms with Gasteiger partial charge in [0.05, 0.1) is 11.4 Å². The van der Waals surface area contributed by atoms with E-state index in [0.717, 1.165) is 16.8 Å². The molecule has 1 aromatic heterocycles. The molecule has 7 rings (SSSR count). The number of aromatic amines is 1. The van der Waals surface area contributed by atoms with E-state index in [2.05, 4.69) is 20.8 Å². The number of likely N-dealkylation sites (tertiary alicyclic amines) is 2. The van der Waals surface area contributed by atoms with Gasteiger partial charge in [-0.15, -0.1) is 0 Å². The zero-order valence-corrected chi connectivity index (χ0v) is 28.9. The van der Waals surface area contributed by atoms with E-state index in [-0.39, 0.29) is 11.8 Å². The molecule has 12 nitrogen and oxygen atoms in total. The number of carbonyl (C=O) groups is 4. The Morgan fingerprint density at radius 3 is 1.51 bits per heavy atom. The van der Waals surface area contributed by atoms with Crippen LogP contribution in [0.15, 0.2) is 115 Å². The summed E-state index contributed by atoms with van der Waals surface area (Å²) >= 11 is 0. The molecular weight excluding hydrogens is 672 g/mol. The minimum Gasteiger partial charge on any atom is -0.378 e. The highest BCUT2D eigenvalue weighted by Gasteiger charge is 2.38. The van der Waals surface area contributed by atoms with Crippen LogP contribution >= 0.6 is 0 Å².